The minimum Gasteiger partial charge on any atom is -0.458 e. The highest BCUT2D eigenvalue weighted by molar-refractivity contribution is 7.12. The minimum absolute atomic E-state index is 0.0627. The van der Waals surface area contributed by atoms with Crippen molar-refractivity contribution >= 4 is 46.2 Å². The normalized spacial score (nSPS) is 13.4. The summed E-state index contributed by atoms with van der Waals surface area (Å²) >= 11 is 0. The van der Waals surface area contributed by atoms with E-state index in [9.17, 15) is 0 Å². The molecule has 1 aliphatic rings. The van der Waals surface area contributed by atoms with Crippen LogP contribution >= 0.6 is 0 Å². The van der Waals surface area contributed by atoms with E-state index in [2.05, 4.69) is 145 Å². The summed E-state index contributed by atoms with van der Waals surface area (Å²) in [4.78, 5) is 9.48. The van der Waals surface area contributed by atoms with Crippen molar-refractivity contribution in [2.24, 2.45) is 0 Å². The molecule has 0 amide bonds. The van der Waals surface area contributed by atoms with Crippen LogP contribution in [-0.2, 0) is 0 Å². The molecule has 0 atom stereocenters. The Morgan fingerprint density at radius 3 is 1.62 bits per heavy atom. The van der Waals surface area contributed by atoms with E-state index in [4.69, 9.17) is 13.8 Å². The average Bonchev–Trinajstić information content (AvgIpc) is 3.25. The molecule has 0 aliphatic carbocycles. The third kappa shape index (κ3) is 7.32. The molecule has 0 fully saturated rings. The Hall–Kier alpha value is -5.67. The van der Waals surface area contributed by atoms with E-state index in [-0.39, 0.29) is 42.8 Å². The van der Waals surface area contributed by atoms with E-state index < -0.39 is 6.85 Å². The lowest BCUT2D eigenvalue weighted by molar-refractivity contribution is 0.487. The number of aromatic nitrogens is 2. The molecular weight excluding hydrogens is 702 g/mol. The molecule has 2 aromatic heterocycles. The number of hydrogen-bond donors (Lipinski definition) is 0. The molecular formula is C53H54B2N2O. The lowest BCUT2D eigenvalue weighted by Gasteiger charge is -2.38. The van der Waals surface area contributed by atoms with Crippen molar-refractivity contribution < 1.29 is 8.85 Å². The van der Waals surface area contributed by atoms with Gasteiger partial charge in [0.1, 0.15) is 11.5 Å². The van der Waals surface area contributed by atoms with Gasteiger partial charge in [-0.3, -0.25) is 9.97 Å². The van der Waals surface area contributed by atoms with Crippen LogP contribution in [0, 0.1) is 6.85 Å². The standard InChI is InChI=1S/C53H54B2N2O/c1-33(2)41-21-16-22-42(34(3)4)51(41)54-45-25-10-11-26-46(45)55(52-43(35(5)6)23-17-24-44(52)36(7)8)53-47(54)31-39(49-28-14-18-37(9)57-49)32-50(53)58-40-20-15-19-38(30-40)48-27-12-13-29-56-48/h10-36H,1-9H3/i9D3. The number of rotatable bonds is 10. The fraction of sp³-hybridized carbons (Fsp3) is 0.245. The third-order valence-electron chi connectivity index (χ3n) is 11.9. The van der Waals surface area contributed by atoms with E-state index >= 15 is 0 Å². The van der Waals surface area contributed by atoms with Crippen molar-refractivity contribution in [1.29, 1.82) is 0 Å². The summed E-state index contributed by atoms with van der Waals surface area (Å²) in [6, 6.07) is 46.5. The van der Waals surface area contributed by atoms with Gasteiger partial charge in [-0.05, 0) is 101 Å². The highest BCUT2D eigenvalue weighted by Gasteiger charge is 2.44. The molecule has 5 aromatic carbocycles. The summed E-state index contributed by atoms with van der Waals surface area (Å²) in [6.07, 6.45) is 1.81. The van der Waals surface area contributed by atoms with Crippen LogP contribution in [0.15, 0.2) is 140 Å². The van der Waals surface area contributed by atoms with Gasteiger partial charge in [0.05, 0.1) is 11.4 Å². The van der Waals surface area contributed by atoms with Gasteiger partial charge in [-0.15, -0.1) is 0 Å². The molecule has 3 nitrogen and oxygen atoms in total. The van der Waals surface area contributed by atoms with Crippen LogP contribution in [0.3, 0.4) is 0 Å². The zero-order valence-electron chi connectivity index (χ0n) is 38.0. The number of ether oxygens (including phenoxy) is 1. The minimum atomic E-state index is -2.36. The molecule has 0 N–H and O–H groups in total. The van der Waals surface area contributed by atoms with Gasteiger partial charge in [-0.2, -0.15) is 0 Å². The number of nitrogens with zero attached hydrogens (tertiary/aromatic N) is 2. The van der Waals surface area contributed by atoms with Gasteiger partial charge in [0.2, 0.25) is 13.4 Å². The molecule has 3 heterocycles. The van der Waals surface area contributed by atoms with Crippen molar-refractivity contribution in [1.82, 2.24) is 9.97 Å². The first kappa shape index (κ1) is 35.5. The van der Waals surface area contributed by atoms with Gasteiger partial charge in [-0.1, -0.05) is 174 Å². The van der Waals surface area contributed by atoms with Crippen LogP contribution in [0.4, 0.5) is 0 Å². The zero-order chi connectivity index (χ0) is 43.2. The van der Waals surface area contributed by atoms with Crippen LogP contribution in [0.5, 0.6) is 11.5 Å². The first-order valence-electron chi connectivity index (χ1n) is 22.4. The van der Waals surface area contributed by atoms with Gasteiger partial charge < -0.3 is 4.74 Å². The summed E-state index contributed by atoms with van der Waals surface area (Å²) < 4.78 is 32.2. The first-order valence-corrected chi connectivity index (χ1v) is 20.9. The molecule has 58 heavy (non-hydrogen) atoms. The van der Waals surface area contributed by atoms with E-state index in [1.54, 1.807) is 12.1 Å². The largest absolute Gasteiger partial charge is 0.458 e. The van der Waals surface area contributed by atoms with Crippen LogP contribution < -0.4 is 37.5 Å². The second-order valence-corrected chi connectivity index (χ2v) is 17.0. The Morgan fingerprint density at radius 2 is 1.03 bits per heavy atom. The van der Waals surface area contributed by atoms with Crippen LogP contribution in [0.25, 0.3) is 22.5 Å². The fourth-order valence-electron chi connectivity index (χ4n) is 9.26. The van der Waals surface area contributed by atoms with Crippen molar-refractivity contribution in [3.05, 3.63) is 168 Å². The smallest absolute Gasteiger partial charge is 0.245 e. The molecule has 8 rings (SSSR count). The fourth-order valence-corrected chi connectivity index (χ4v) is 9.26. The van der Waals surface area contributed by atoms with Gasteiger partial charge in [-0.25, -0.2) is 0 Å². The lowest BCUT2D eigenvalue weighted by atomic mass is 9.19. The molecule has 0 bridgehead atoms. The van der Waals surface area contributed by atoms with E-state index in [1.807, 2.05) is 42.6 Å². The maximum atomic E-state index is 8.29. The molecule has 0 saturated heterocycles. The lowest BCUT2D eigenvalue weighted by Crippen LogP contribution is -2.76. The molecule has 0 saturated carbocycles. The molecule has 7 aromatic rings. The van der Waals surface area contributed by atoms with Crippen molar-refractivity contribution in [2.45, 2.75) is 85.9 Å². The Kier molecular flexibility index (Phi) is 9.97. The van der Waals surface area contributed by atoms with Crippen LogP contribution in [-0.4, -0.2) is 23.4 Å². The second kappa shape index (κ2) is 16.3. The van der Waals surface area contributed by atoms with E-state index in [0.717, 1.165) is 33.5 Å². The average molecular weight is 760 g/mol. The quantitative estimate of drug-likeness (QED) is 0.130. The van der Waals surface area contributed by atoms with E-state index in [0.29, 0.717) is 11.4 Å². The molecule has 1 aliphatic heterocycles. The SMILES string of the molecule is [2H]C([2H])([2H])c1cccc(-c2cc(Oc3cccc(-c4ccccn4)c3)c3c(c2)B(c2c(C(C)C)cccc2C(C)C)c2ccccc2B3c2c(C(C)C)cccc2C(C)C)n1. The number of aryl methyl sites for hydroxylation is 1. The van der Waals surface area contributed by atoms with Crippen LogP contribution in [0.1, 0.15) is 111 Å². The highest BCUT2D eigenvalue weighted by Crippen LogP contribution is 2.31. The molecule has 288 valence electrons. The summed E-state index contributed by atoms with van der Waals surface area (Å²) in [5, 5.41) is 0. The number of benzene rings is 5. The summed E-state index contributed by atoms with van der Waals surface area (Å²) in [5.41, 5.74) is 16.0. The van der Waals surface area contributed by atoms with Gasteiger partial charge in [0.15, 0.2) is 0 Å². The molecule has 0 radical (unpaired) electrons. The maximum Gasteiger partial charge on any atom is 0.245 e. The van der Waals surface area contributed by atoms with Crippen molar-refractivity contribution in [3.63, 3.8) is 0 Å². The Labute approximate surface area is 351 Å². The summed E-state index contributed by atoms with van der Waals surface area (Å²) in [7, 11) is 0. The zero-order valence-corrected chi connectivity index (χ0v) is 35.0. The Balaban J connectivity index is 1.53. The van der Waals surface area contributed by atoms with Crippen molar-refractivity contribution in [2.75, 3.05) is 0 Å². The number of pyridine rings is 2. The van der Waals surface area contributed by atoms with Gasteiger partial charge in [0.25, 0.3) is 0 Å². The van der Waals surface area contributed by atoms with Gasteiger partial charge in [0, 0.05) is 27.1 Å². The molecule has 5 heteroatoms. The molecule has 0 unspecified atom stereocenters. The highest BCUT2D eigenvalue weighted by atomic mass is 16.5. The van der Waals surface area contributed by atoms with Gasteiger partial charge >= 0.3 is 0 Å². The monoisotopic (exact) mass is 759 g/mol. The van der Waals surface area contributed by atoms with Crippen LogP contribution in [0.2, 0.25) is 0 Å². The number of fused-ring (bicyclic) bond motifs is 2. The van der Waals surface area contributed by atoms with E-state index in [1.165, 1.54) is 44.1 Å². The third-order valence-corrected chi connectivity index (χ3v) is 11.9. The summed E-state index contributed by atoms with van der Waals surface area (Å²) in [6.45, 7) is 15.7. The number of hydrogen-bond acceptors (Lipinski definition) is 3. The Morgan fingerprint density at radius 1 is 0.483 bits per heavy atom. The summed E-state index contributed by atoms with van der Waals surface area (Å²) in [5.74, 6) is 2.47. The molecule has 0 spiro atoms. The predicted octanol–water partition coefficient (Wildman–Crippen LogP) is 9.75. The predicted molar refractivity (Wildman–Crippen MR) is 249 cm³/mol. The van der Waals surface area contributed by atoms with Crippen molar-refractivity contribution in [3.8, 4) is 34.0 Å². The second-order valence-electron chi connectivity index (χ2n) is 17.0. The Bertz CT molecular complexity index is 2660. The maximum absolute atomic E-state index is 8.29. The topological polar surface area (TPSA) is 35.0 Å². The first-order chi connectivity index (χ1) is 29.2.